The lowest BCUT2D eigenvalue weighted by atomic mass is 9.65. The summed E-state index contributed by atoms with van der Waals surface area (Å²) in [4.78, 5) is 15.5. The molecule has 3 aromatic carbocycles. The Labute approximate surface area is 204 Å². The number of benzene rings is 3. The number of hydrogen-bond donors (Lipinski definition) is 1. The molecule has 2 aliphatic rings. The molecule has 1 aliphatic carbocycles. The summed E-state index contributed by atoms with van der Waals surface area (Å²) < 4.78 is 7.16. The first-order valence-corrected chi connectivity index (χ1v) is 11.9. The van der Waals surface area contributed by atoms with Crippen molar-refractivity contribution < 1.29 is 14.6 Å². The van der Waals surface area contributed by atoms with Gasteiger partial charge in [0.2, 0.25) is 5.91 Å². The number of phenols is 1. The van der Waals surface area contributed by atoms with E-state index in [9.17, 15) is 9.90 Å². The number of carbonyl (C=O) groups excluding carboxylic acids is 1. The van der Waals surface area contributed by atoms with Crippen molar-refractivity contribution in [1.29, 1.82) is 0 Å². The maximum Gasteiger partial charge on any atom is 0.238 e. The molecular weight excluding hydrogens is 438 g/mol. The molecule has 1 amide bonds. The number of amides is 1. The van der Waals surface area contributed by atoms with E-state index in [0.717, 1.165) is 58.8 Å². The van der Waals surface area contributed by atoms with Crippen LogP contribution in [0.3, 0.4) is 0 Å². The summed E-state index contributed by atoms with van der Waals surface area (Å²) in [5.74, 6) is 0.978. The highest BCUT2D eigenvalue weighted by atomic mass is 16.5. The van der Waals surface area contributed by atoms with Crippen molar-refractivity contribution in [2.75, 3.05) is 12.0 Å². The number of nitrogens with zero attached hydrogens (tertiary/aromatic N) is 3. The molecule has 0 saturated heterocycles. The van der Waals surface area contributed by atoms with E-state index in [0.29, 0.717) is 12.2 Å². The normalized spacial score (nSPS) is 15.8. The monoisotopic (exact) mass is 465 g/mol. The maximum absolute atomic E-state index is 13.8. The minimum absolute atomic E-state index is 0.0785. The van der Waals surface area contributed by atoms with E-state index in [1.807, 2.05) is 72.3 Å². The Morgan fingerprint density at radius 2 is 1.77 bits per heavy atom. The Morgan fingerprint density at radius 3 is 2.43 bits per heavy atom. The van der Waals surface area contributed by atoms with Crippen molar-refractivity contribution >= 4 is 11.6 Å². The van der Waals surface area contributed by atoms with Gasteiger partial charge in [0.1, 0.15) is 11.5 Å². The molecule has 1 spiro atoms. The van der Waals surface area contributed by atoms with Crippen LogP contribution >= 0.6 is 0 Å². The van der Waals surface area contributed by atoms with Gasteiger partial charge in [-0.25, -0.2) is 4.68 Å². The molecule has 0 radical (unpaired) electrons. The van der Waals surface area contributed by atoms with Crippen molar-refractivity contribution in [3.63, 3.8) is 0 Å². The van der Waals surface area contributed by atoms with Gasteiger partial charge in [0.15, 0.2) is 0 Å². The number of hydrogen-bond acceptors (Lipinski definition) is 4. The molecule has 0 atom stereocenters. The average molecular weight is 466 g/mol. The number of rotatable bonds is 5. The van der Waals surface area contributed by atoms with Gasteiger partial charge in [-0.15, -0.1) is 0 Å². The van der Waals surface area contributed by atoms with E-state index >= 15 is 0 Å². The lowest BCUT2D eigenvalue weighted by Gasteiger charge is -2.37. The Morgan fingerprint density at radius 1 is 1.03 bits per heavy atom. The standard InChI is InChI=1S/C29H27N3O3/c1-19-15-25(32(30-19)22-7-4-3-5-8-22)21-16-24-27(26(33)17-21)31(28(34)29(24)13-6-14-29)18-20-9-11-23(35-2)12-10-20/h3-5,7-12,15-17,33H,6,13-14,18H2,1-2H3. The molecule has 1 N–H and O–H groups in total. The molecule has 176 valence electrons. The highest BCUT2D eigenvalue weighted by Crippen LogP contribution is 2.57. The smallest absolute Gasteiger partial charge is 0.238 e. The Balaban J connectivity index is 1.46. The zero-order valence-electron chi connectivity index (χ0n) is 19.9. The average Bonchev–Trinajstić information content (AvgIpc) is 3.35. The molecular formula is C29H27N3O3. The third kappa shape index (κ3) is 3.32. The number of para-hydroxylation sites is 1. The number of carbonyl (C=O) groups is 1. The third-order valence-electron chi connectivity index (χ3n) is 7.36. The maximum atomic E-state index is 13.8. The third-order valence-corrected chi connectivity index (χ3v) is 7.36. The van der Waals surface area contributed by atoms with Crippen LogP contribution in [-0.4, -0.2) is 27.9 Å². The van der Waals surface area contributed by atoms with Crippen molar-refractivity contribution in [2.24, 2.45) is 0 Å². The zero-order chi connectivity index (χ0) is 24.2. The van der Waals surface area contributed by atoms with Crippen LogP contribution in [0.15, 0.2) is 72.8 Å². The Bertz CT molecular complexity index is 1420. The predicted octanol–water partition coefficient (Wildman–Crippen LogP) is 5.53. The number of anilines is 1. The molecule has 1 aromatic heterocycles. The van der Waals surface area contributed by atoms with Gasteiger partial charge < -0.3 is 14.7 Å². The quantitative estimate of drug-likeness (QED) is 0.421. The summed E-state index contributed by atoms with van der Waals surface area (Å²) in [5, 5.41) is 16.0. The number of methoxy groups -OCH3 is 1. The minimum Gasteiger partial charge on any atom is -0.506 e. The van der Waals surface area contributed by atoms with Crippen LogP contribution in [0.25, 0.3) is 16.9 Å². The molecule has 4 aromatic rings. The van der Waals surface area contributed by atoms with Gasteiger partial charge >= 0.3 is 0 Å². The van der Waals surface area contributed by atoms with Crippen molar-refractivity contribution in [3.05, 3.63) is 89.6 Å². The minimum atomic E-state index is -0.554. The number of phenolic OH excluding ortho intramolecular Hbond substituents is 1. The van der Waals surface area contributed by atoms with E-state index in [1.54, 1.807) is 18.1 Å². The van der Waals surface area contributed by atoms with Gasteiger partial charge in [-0.3, -0.25) is 4.79 Å². The summed E-state index contributed by atoms with van der Waals surface area (Å²) in [7, 11) is 1.64. The Hall–Kier alpha value is -4.06. The van der Waals surface area contributed by atoms with Crippen LogP contribution in [0.5, 0.6) is 11.5 Å². The number of fused-ring (bicyclic) bond motifs is 2. The second kappa shape index (κ2) is 8.01. The Kier molecular flexibility index (Phi) is 4.92. The molecule has 0 unspecified atom stereocenters. The molecule has 1 aliphatic heterocycles. The fraction of sp³-hybridized carbons (Fsp3) is 0.241. The van der Waals surface area contributed by atoms with Crippen LogP contribution in [0, 0.1) is 6.92 Å². The number of aryl methyl sites for hydroxylation is 1. The SMILES string of the molecule is COc1ccc(CN2C(=O)C3(CCC3)c3cc(-c4cc(C)nn4-c4ccccc4)cc(O)c32)cc1. The van der Waals surface area contributed by atoms with Gasteiger partial charge in [0, 0.05) is 5.56 Å². The molecule has 2 heterocycles. The fourth-order valence-corrected chi connectivity index (χ4v) is 5.44. The van der Waals surface area contributed by atoms with Crippen molar-refractivity contribution in [1.82, 2.24) is 9.78 Å². The second-order valence-corrected chi connectivity index (χ2v) is 9.48. The van der Waals surface area contributed by atoms with Crippen LogP contribution in [0.1, 0.15) is 36.1 Å². The summed E-state index contributed by atoms with van der Waals surface area (Å²) >= 11 is 0. The van der Waals surface area contributed by atoms with E-state index in [1.165, 1.54) is 0 Å². The fourth-order valence-electron chi connectivity index (χ4n) is 5.44. The molecule has 0 bridgehead atoms. The van der Waals surface area contributed by atoms with Crippen molar-refractivity contribution in [3.8, 4) is 28.4 Å². The van der Waals surface area contributed by atoms with Gasteiger partial charge in [-0.1, -0.05) is 36.8 Å². The largest absolute Gasteiger partial charge is 0.506 e. The first kappa shape index (κ1) is 21.5. The summed E-state index contributed by atoms with van der Waals surface area (Å²) in [5.41, 5.74) is 5.58. The molecule has 6 nitrogen and oxygen atoms in total. The first-order valence-electron chi connectivity index (χ1n) is 11.9. The van der Waals surface area contributed by atoms with Gasteiger partial charge in [0.25, 0.3) is 0 Å². The molecule has 1 saturated carbocycles. The number of aromatic hydroxyl groups is 1. The zero-order valence-corrected chi connectivity index (χ0v) is 19.9. The van der Waals surface area contributed by atoms with E-state index in [4.69, 9.17) is 9.84 Å². The highest BCUT2D eigenvalue weighted by molar-refractivity contribution is 6.10. The summed E-state index contributed by atoms with van der Waals surface area (Å²) in [6, 6.07) is 23.6. The molecule has 6 heteroatoms. The summed E-state index contributed by atoms with van der Waals surface area (Å²) in [6.45, 7) is 2.37. The predicted molar refractivity (Wildman–Crippen MR) is 135 cm³/mol. The van der Waals surface area contributed by atoms with E-state index in [-0.39, 0.29) is 11.7 Å². The van der Waals surface area contributed by atoms with Gasteiger partial charge in [-0.05, 0) is 73.4 Å². The molecule has 35 heavy (non-hydrogen) atoms. The van der Waals surface area contributed by atoms with Crippen LogP contribution in [0.2, 0.25) is 0 Å². The topological polar surface area (TPSA) is 67.6 Å². The lowest BCUT2D eigenvalue weighted by molar-refractivity contribution is -0.126. The highest BCUT2D eigenvalue weighted by Gasteiger charge is 2.55. The summed E-state index contributed by atoms with van der Waals surface area (Å²) in [6.07, 6.45) is 2.61. The van der Waals surface area contributed by atoms with E-state index in [2.05, 4.69) is 6.07 Å². The van der Waals surface area contributed by atoms with Gasteiger partial charge in [-0.2, -0.15) is 5.10 Å². The molecule has 6 rings (SSSR count). The number of aromatic nitrogens is 2. The number of ether oxygens (including phenoxy) is 1. The van der Waals surface area contributed by atoms with Crippen LogP contribution in [-0.2, 0) is 16.8 Å². The van der Waals surface area contributed by atoms with E-state index < -0.39 is 5.41 Å². The van der Waals surface area contributed by atoms with Crippen LogP contribution in [0.4, 0.5) is 5.69 Å². The van der Waals surface area contributed by atoms with Gasteiger partial charge in [0.05, 0.1) is 41.8 Å². The van der Waals surface area contributed by atoms with Crippen molar-refractivity contribution in [2.45, 2.75) is 38.1 Å². The lowest BCUT2D eigenvalue weighted by Crippen LogP contribution is -2.44. The first-order chi connectivity index (χ1) is 17.0. The molecule has 1 fully saturated rings. The van der Waals surface area contributed by atoms with Crippen LogP contribution < -0.4 is 9.64 Å². The second-order valence-electron chi connectivity index (χ2n) is 9.48.